The van der Waals surface area contributed by atoms with Crippen LogP contribution in [0, 0.1) is 6.92 Å². The van der Waals surface area contributed by atoms with Crippen LogP contribution < -0.4 is 14.4 Å². The molecule has 2 rings (SSSR count). The van der Waals surface area contributed by atoms with Gasteiger partial charge in [0.2, 0.25) is 21.8 Å². The highest BCUT2D eigenvalue weighted by atomic mass is 35.5. The average Bonchev–Trinajstić information content (AvgIpc) is 2.83. The van der Waals surface area contributed by atoms with Gasteiger partial charge in [0, 0.05) is 17.6 Å². The molecule has 1 N–H and O–H groups in total. The number of ether oxygens (including phenoxy) is 1. The number of anilines is 1. The number of methoxy groups -OCH3 is 1. The lowest BCUT2D eigenvalue weighted by molar-refractivity contribution is -0.140. The van der Waals surface area contributed by atoms with Crippen molar-refractivity contribution in [2.24, 2.45) is 0 Å². The smallest absolute Gasteiger partial charge is 0.244 e. The van der Waals surface area contributed by atoms with Crippen LogP contribution in [0.1, 0.15) is 44.7 Å². The van der Waals surface area contributed by atoms with E-state index in [0.717, 1.165) is 28.1 Å². The Morgan fingerprint density at radius 3 is 2.22 bits per heavy atom. The molecule has 2 aromatic rings. The molecular weight excluding hydrogens is 502 g/mol. The number of carbonyl (C=O) groups is 2. The van der Waals surface area contributed by atoms with Gasteiger partial charge in [-0.1, -0.05) is 43.6 Å². The first kappa shape index (κ1) is 29.5. The number of rotatable bonds is 12. The maximum atomic E-state index is 13.7. The third-order valence-corrected chi connectivity index (χ3v) is 7.57. The standard InChI is InChI=1S/C26H36ClN3O5S/c1-7-19(4)28-26(32)24(8-2)29(16-20-10-13-22(35-5)14-11-20)25(31)17-30(36(6,33)34)21-12-9-18(3)23(27)15-21/h9-15,19,24H,7-8,16-17H2,1-6H3,(H,28,32). The highest BCUT2D eigenvalue weighted by molar-refractivity contribution is 7.92. The largest absolute Gasteiger partial charge is 0.497 e. The van der Waals surface area contributed by atoms with Gasteiger partial charge >= 0.3 is 0 Å². The summed E-state index contributed by atoms with van der Waals surface area (Å²) < 4.78 is 31.6. The Kier molecular flexibility index (Phi) is 10.6. The number of amides is 2. The van der Waals surface area contributed by atoms with Gasteiger partial charge in [-0.2, -0.15) is 0 Å². The molecule has 198 valence electrons. The van der Waals surface area contributed by atoms with Crippen LogP contribution in [-0.4, -0.2) is 57.1 Å². The van der Waals surface area contributed by atoms with Crippen LogP contribution in [0.2, 0.25) is 5.02 Å². The molecule has 0 heterocycles. The molecule has 0 aliphatic heterocycles. The topological polar surface area (TPSA) is 96.0 Å². The first-order valence-electron chi connectivity index (χ1n) is 11.9. The third kappa shape index (κ3) is 7.86. The van der Waals surface area contributed by atoms with E-state index >= 15 is 0 Å². The van der Waals surface area contributed by atoms with Gasteiger partial charge in [-0.05, 0) is 62.1 Å². The minimum absolute atomic E-state index is 0.0632. The summed E-state index contributed by atoms with van der Waals surface area (Å²) >= 11 is 6.24. The van der Waals surface area contributed by atoms with Crippen molar-refractivity contribution in [1.29, 1.82) is 0 Å². The summed E-state index contributed by atoms with van der Waals surface area (Å²) in [5.74, 6) is -0.116. The first-order valence-corrected chi connectivity index (χ1v) is 14.1. The summed E-state index contributed by atoms with van der Waals surface area (Å²) in [4.78, 5) is 28.3. The second-order valence-corrected chi connectivity index (χ2v) is 11.1. The summed E-state index contributed by atoms with van der Waals surface area (Å²) in [6.07, 6.45) is 2.14. The highest BCUT2D eigenvalue weighted by Gasteiger charge is 2.32. The van der Waals surface area contributed by atoms with E-state index in [0.29, 0.717) is 17.2 Å². The van der Waals surface area contributed by atoms with Crippen LogP contribution >= 0.6 is 11.6 Å². The lowest BCUT2D eigenvalue weighted by Crippen LogP contribution is -2.53. The number of halogens is 1. The molecule has 0 bridgehead atoms. The van der Waals surface area contributed by atoms with E-state index in [1.165, 1.54) is 11.0 Å². The molecule has 10 heteroatoms. The number of nitrogens with one attached hydrogen (secondary N) is 1. The second-order valence-electron chi connectivity index (χ2n) is 8.81. The van der Waals surface area contributed by atoms with Gasteiger partial charge in [0.25, 0.3) is 0 Å². The van der Waals surface area contributed by atoms with Gasteiger partial charge in [-0.25, -0.2) is 8.42 Å². The fraction of sp³-hybridized carbons (Fsp3) is 0.462. The lowest BCUT2D eigenvalue weighted by Gasteiger charge is -2.33. The minimum atomic E-state index is -3.82. The zero-order valence-electron chi connectivity index (χ0n) is 21.7. The molecule has 0 aliphatic rings. The van der Waals surface area contributed by atoms with Crippen molar-refractivity contribution in [3.8, 4) is 5.75 Å². The molecule has 0 aliphatic carbocycles. The molecule has 0 saturated heterocycles. The van der Waals surface area contributed by atoms with Gasteiger partial charge < -0.3 is 15.0 Å². The van der Waals surface area contributed by atoms with Gasteiger partial charge in [-0.15, -0.1) is 0 Å². The Balaban J connectivity index is 2.45. The minimum Gasteiger partial charge on any atom is -0.497 e. The summed E-state index contributed by atoms with van der Waals surface area (Å²) in [6, 6.07) is 11.2. The molecular formula is C26H36ClN3O5S. The number of hydrogen-bond acceptors (Lipinski definition) is 5. The Morgan fingerprint density at radius 1 is 1.08 bits per heavy atom. The molecule has 36 heavy (non-hydrogen) atoms. The Morgan fingerprint density at radius 2 is 1.72 bits per heavy atom. The molecule has 2 unspecified atom stereocenters. The maximum absolute atomic E-state index is 13.7. The fourth-order valence-electron chi connectivity index (χ4n) is 3.64. The van der Waals surface area contributed by atoms with Crippen molar-refractivity contribution in [3.05, 3.63) is 58.6 Å². The Bertz CT molecular complexity index is 1150. The van der Waals surface area contributed by atoms with E-state index in [2.05, 4.69) is 5.32 Å². The van der Waals surface area contributed by atoms with Gasteiger partial charge in [0.05, 0.1) is 19.1 Å². The highest BCUT2D eigenvalue weighted by Crippen LogP contribution is 2.25. The quantitative estimate of drug-likeness (QED) is 0.439. The summed E-state index contributed by atoms with van der Waals surface area (Å²) in [7, 11) is -2.26. The van der Waals surface area contributed by atoms with Crippen molar-refractivity contribution in [3.63, 3.8) is 0 Å². The maximum Gasteiger partial charge on any atom is 0.244 e. The zero-order chi connectivity index (χ0) is 27.0. The van der Waals surface area contributed by atoms with E-state index in [1.807, 2.05) is 32.9 Å². The molecule has 0 spiro atoms. The Hall–Kier alpha value is -2.78. The summed E-state index contributed by atoms with van der Waals surface area (Å²) in [5, 5.41) is 3.34. The number of aryl methyl sites for hydroxylation is 1. The predicted molar refractivity (Wildman–Crippen MR) is 144 cm³/mol. The van der Waals surface area contributed by atoms with Crippen LogP contribution in [0.4, 0.5) is 5.69 Å². The van der Waals surface area contributed by atoms with Crippen molar-refractivity contribution in [2.75, 3.05) is 24.2 Å². The molecule has 0 saturated carbocycles. The molecule has 0 aromatic heterocycles. The van der Waals surface area contributed by atoms with Gasteiger partial charge in [-0.3, -0.25) is 13.9 Å². The number of sulfonamides is 1. The Labute approximate surface area is 219 Å². The number of hydrogen-bond donors (Lipinski definition) is 1. The molecule has 2 amide bonds. The molecule has 2 atom stereocenters. The van der Waals surface area contributed by atoms with E-state index in [9.17, 15) is 18.0 Å². The van der Waals surface area contributed by atoms with Gasteiger partial charge in [0.1, 0.15) is 18.3 Å². The van der Waals surface area contributed by atoms with Gasteiger partial charge in [0.15, 0.2) is 0 Å². The first-order chi connectivity index (χ1) is 16.9. The van der Waals surface area contributed by atoms with E-state index in [4.69, 9.17) is 16.3 Å². The monoisotopic (exact) mass is 537 g/mol. The van der Waals surface area contributed by atoms with Crippen LogP contribution in [0.15, 0.2) is 42.5 Å². The number of benzene rings is 2. The van der Waals surface area contributed by atoms with E-state index < -0.39 is 28.5 Å². The fourth-order valence-corrected chi connectivity index (χ4v) is 4.66. The number of nitrogens with zero attached hydrogens (tertiary/aromatic N) is 2. The van der Waals surface area contributed by atoms with Crippen molar-refractivity contribution < 1.29 is 22.7 Å². The SMILES string of the molecule is CCC(C)NC(=O)C(CC)N(Cc1ccc(OC)cc1)C(=O)CN(c1ccc(C)c(Cl)c1)S(C)(=O)=O. The lowest BCUT2D eigenvalue weighted by atomic mass is 10.1. The van der Waals surface area contributed by atoms with Crippen LogP contribution in [0.25, 0.3) is 0 Å². The predicted octanol–water partition coefficient (Wildman–Crippen LogP) is 4.15. The third-order valence-electron chi connectivity index (χ3n) is 6.02. The second kappa shape index (κ2) is 13.0. The van der Waals surface area contributed by atoms with E-state index in [-0.39, 0.29) is 24.2 Å². The summed E-state index contributed by atoms with van der Waals surface area (Å²) in [6.45, 7) is 7.14. The normalized spacial score (nSPS) is 13.0. The zero-order valence-corrected chi connectivity index (χ0v) is 23.3. The molecule has 0 radical (unpaired) electrons. The van der Waals surface area contributed by atoms with E-state index in [1.54, 1.807) is 38.3 Å². The van der Waals surface area contributed by atoms with Crippen LogP contribution in [0.5, 0.6) is 5.75 Å². The molecule has 2 aromatic carbocycles. The van der Waals surface area contributed by atoms with Crippen molar-refractivity contribution in [1.82, 2.24) is 10.2 Å². The molecule has 8 nitrogen and oxygen atoms in total. The van der Waals surface area contributed by atoms with Crippen LogP contribution in [-0.2, 0) is 26.2 Å². The van der Waals surface area contributed by atoms with Crippen molar-refractivity contribution in [2.45, 2.75) is 59.2 Å². The average molecular weight is 538 g/mol. The van der Waals surface area contributed by atoms with Crippen LogP contribution in [0.3, 0.4) is 0 Å². The number of carbonyl (C=O) groups excluding carboxylic acids is 2. The summed E-state index contributed by atoms with van der Waals surface area (Å²) in [5.41, 5.74) is 1.85. The van der Waals surface area contributed by atoms with Crippen molar-refractivity contribution >= 4 is 39.1 Å². The molecule has 0 fully saturated rings.